The van der Waals surface area contributed by atoms with Gasteiger partial charge in [0.05, 0.1) is 12.3 Å². The summed E-state index contributed by atoms with van der Waals surface area (Å²) in [6, 6.07) is 0. The minimum absolute atomic E-state index is 0. The fourth-order valence-corrected chi connectivity index (χ4v) is 4.72. The van der Waals surface area contributed by atoms with Gasteiger partial charge in [-0.3, -0.25) is 4.57 Å². The Labute approximate surface area is 100 Å². The van der Waals surface area contributed by atoms with Crippen molar-refractivity contribution < 1.29 is 14.6 Å². The molecule has 0 bridgehead atoms. The molecule has 1 aliphatic heterocycles. The van der Waals surface area contributed by atoms with E-state index in [1.165, 1.54) is 0 Å². The standard InChI is InChI=1S/C8H16Cl2NO2P.H2O/c9-4-2-8(3-5-10)14(12)11-6-1-7-13-14;/h8H,1-7H2,(H,11,12);1H2. The van der Waals surface area contributed by atoms with E-state index in [4.69, 9.17) is 27.7 Å². The lowest BCUT2D eigenvalue weighted by molar-refractivity contribution is 0.269. The van der Waals surface area contributed by atoms with Crippen LogP contribution in [0.25, 0.3) is 0 Å². The first kappa shape index (κ1) is 15.7. The predicted molar refractivity (Wildman–Crippen MR) is 64.3 cm³/mol. The molecule has 0 aromatic heterocycles. The molecule has 3 N–H and O–H groups in total. The molecule has 0 aliphatic carbocycles. The molecule has 0 radical (unpaired) electrons. The monoisotopic (exact) mass is 277 g/mol. The maximum atomic E-state index is 12.3. The predicted octanol–water partition coefficient (Wildman–Crippen LogP) is 1.99. The van der Waals surface area contributed by atoms with Crippen LogP contribution in [0.4, 0.5) is 0 Å². The zero-order valence-electron chi connectivity index (χ0n) is 8.55. The molecular formula is C8H18Cl2NO3P. The second-order valence-electron chi connectivity index (χ2n) is 3.30. The quantitative estimate of drug-likeness (QED) is 0.617. The van der Waals surface area contributed by atoms with Gasteiger partial charge in [-0.1, -0.05) is 0 Å². The fraction of sp³-hybridized carbons (Fsp3) is 1.00. The van der Waals surface area contributed by atoms with E-state index in [0.29, 0.717) is 31.2 Å². The first-order valence-electron chi connectivity index (χ1n) is 4.84. The number of hydrogen-bond donors (Lipinski definition) is 1. The number of halogens is 2. The van der Waals surface area contributed by atoms with Crippen LogP contribution < -0.4 is 5.09 Å². The van der Waals surface area contributed by atoms with Crippen LogP contribution in [-0.2, 0) is 9.09 Å². The van der Waals surface area contributed by atoms with Crippen LogP contribution in [0.2, 0.25) is 0 Å². The highest BCUT2D eigenvalue weighted by atomic mass is 35.5. The second-order valence-corrected chi connectivity index (χ2v) is 6.56. The maximum absolute atomic E-state index is 12.3. The van der Waals surface area contributed by atoms with Crippen molar-refractivity contribution in [1.82, 2.24) is 5.09 Å². The van der Waals surface area contributed by atoms with Gasteiger partial charge < -0.3 is 10.00 Å². The summed E-state index contributed by atoms with van der Waals surface area (Å²) in [6.07, 6.45) is 2.30. The van der Waals surface area contributed by atoms with Crippen LogP contribution in [-0.4, -0.2) is 36.0 Å². The van der Waals surface area contributed by atoms with E-state index >= 15 is 0 Å². The summed E-state index contributed by atoms with van der Waals surface area (Å²) in [7, 11) is -2.68. The van der Waals surface area contributed by atoms with Gasteiger partial charge in [-0.05, 0) is 19.3 Å². The van der Waals surface area contributed by atoms with E-state index in [1.54, 1.807) is 0 Å². The molecule has 1 heterocycles. The van der Waals surface area contributed by atoms with Gasteiger partial charge in [-0.25, -0.2) is 5.09 Å². The molecule has 0 spiro atoms. The average molecular weight is 278 g/mol. The third-order valence-electron chi connectivity index (χ3n) is 2.30. The Morgan fingerprint density at radius 3 is 2.33 bits per heavy atom. The summed E-state index contributed by atoms with van der Waals surface area (Å²) in [4.78, 5) is 0. The fourth-order valence-electron chi connectivity index (χ4n) is 1.52. The van der Waals surface area contributed by atoms with Crippen molar-refractivity contribution in [1.29, 1.82) is 0 Å². The van der Waals surface area contributed by atoms with Crippen molar-refractivity contribution in [2.75, 3.05) is 24.9 Å². The molecule has 4 nitrogen and oxygen atoms in total. The first-order chi connectivity index (χ1) is 6.73. The van der Waals surface area contributed by atoms with Crippen LogP contribution in [0.5, 0.6) is 0 Å². The SMILES string of the molecule is O.O=P1(C(CCCl)CCCl)NCCCO1. The molecule has 15 heavy (non-hydrogen) atoms. The molecule has 1 atom stereocenters. The smallest absolute Gasteiger partial charge is 0.272 e. The Bertz CT molecular complexity index is 202. The van der Waals surface area contributed by atoms with Gasteiger partial charge in [0.15, 0.2) is 0 Å². The highest BCUT2D eigenvalue weighted by Crippen LogP contribution is 2.52. The van der Waals surface area contributed by atoms with Gasteiger partial charge >= 0.3 is 0 Å². The number of alkyl halides is 2. The Kier molecular flexibility index (Phi) is 8.24. The third-order valence-corrected chi connectivity index (χ3v) is 5.45. The van der Waals surface area contributed by atoms with Crippen LogP contribution in [0.15, 0.2) is 0 Å². The summed E-state index contributed by atoms with van der Waals surface area (Å²) in [5.41, 5.74) is -0.0298. The first-order valence-corrected chi connectivity index (χ1v) is 7.60. The van der Waals surface area contributed by atoms with Crippen molar-refractivity contribution >= 4 is 30.7 Å². The lowest BCUT2D eigenvalue weighted by Crippen LogP contribution is -2.29. The van der Waals surface area contributed by atoms with E-state index in [0.717, 1.165) is 13.0 Å². The molecule has 1 saturated heterocycles. The molecule has 1 aliphatic rings. The summed E-state index contributed by atoms with van der Waals surface area (Å²) >= 11 is 11.3. The number of rotatable bonds is 5. The summed E-state index contributed by atoms with van der Waals surface area (Å²) < 4.78 is 17.6. The third kappa shape index (κ3) is 4.59. The van der Waals surface area contributed by atoms with E-state index < -0.39 is 7.52 Å². The highest BCUT2D eigenvalue weighted by Gasteiger charge is 2.34. The lowest BCUT2D eigenvalue weighted by atomic mass is 10.3. The Morgan fingerprint density at radius 2 is 1.93 bits per heavy atom. The molecule has 0 amide bonds. The van der Waals surface area contributed by atoms with Crippen molar-refractivity contribution in [2.24, 2.45) is 0 Å². The van der Waals surface area contributed by atoms with Crippen LogP contribution in [0.3, 0.4) is 0 Å². The zero-order valence-corrected chi connectivity index (χ0v) is 11.0. The highest BCUT2D eigenvalue weighted by molar-refractivity contribution is 7.57. The second kappa shape index (κ2) is 7.88. The van der Waals surface area contributed by atoms with Gasteiger partial charge in [0, 0.05) is 18.3 Å². The molecule has 1 fully saturated rings. The Balaban J connectivity index is 0.00000196. The Morgan fingerprint density at radius 1 is 1.33 bits per heavy atom. The van der Waals surface area contributed by atoms with Crippen molar-refractivity contribution in [3.8, 4) is 0 Å². The normalized spacial score (nSPS) is 26.3. The molecular weight excluding hydrogens is 260 g/mol. The summed E-state index contributed by atoms with van der Waals surface area (Å²) in [6.45, 7) is 1.34. The average Bonchev–Trinajstić information content (AvgIpc) is 2.19. The van der Waals surface area contributed by atoms with Crippen molar-refractivity contribution in [2.45, 2.75) is 24.9 Å². The number of hydrogen-bond acceptors (Lipinski definition) is 2. The van der Waals surface area contributed by atoms with Gasteiger partial charge in [0.1, 0.15) is 0 Å². The molecule has 0 aromatic carbocycles. The number of nitrogens with one attached hydrogen (secondary N) is 1. The zero-order chi connectivity index (χ0) is 10.4. The van der Waals surface area contributed by atoms with Crippen molar-refractivity contribution in [3.05, 3.63) is 0 Å². The minimum Gasteiger partial charge on any atom is -0.412 e. The van der Waals surface area contributed by atoms with E-state index in [9.17, 15) is 4.57 Å². The van der Waals surface area contributed by atoms with Crippen molar-refractivity contribution in [3.63, 3.8) is 0 Å². The van der Waals surface area contributed by atoms with Gasteiger partial charge in [-0.2, -0.15) is 0 Å². The van der Waals surface area contributed by atoms with Crippen LogP contribution in [0, 0.1) is 0 Å². The van der Waals surface area contributed by atoms with Gasteiger partial charge in [0.25, 0.3) is 7.52 Å². The van der Waals surface area contributed by atoms with Gasteiger partial charge in [0.2, 0.25) is 0 Å². The van der Waals surface area contributed by atoms with Gasteiger partial charge in [-0.15, -0.1) is 23.2 Å². The van der Waals surface area contributed by atoms with E-state index in [-0.39, 0.29) is 11.1 Å². The Hall–Kier alpha value is 0.690. The maximum Gasteiger partial charge on any atom is 0.272 e. The largest absolute Gasteiger partial charge is 0.412 e. The lowest BCUT2D eigenvalue weighted by Gasteiger charge is -2.30. The topological polar surface area (TPSA) is 69.8 Å². The molecule has 0 aromatic rings. The molecule has 0 saturated carbocycles. The molecule has 7 heteroatoms. The van der Waals surface area contributed by atoms with E-state index in [1.807, 2.05) is 0 Å². The minimum atomic E-state index is -2.68. The molecule has 1 rings (SSSR count). The summed E-state index contributed by atoms with van der Waals surface area (Å²) in [5.74, 6) is 0.993. The molecule has 92 valence electrons. The summed E-state index contributed by atoms with van der Waals surface area (Å²) in [5, 5.41) is 2.98. The van der Waals surface area contributed by atoms with Crippen LogP contribution >= 0.6 is 30.7 Å². The van der Waals surface area contributed by atoms with Crippen LogP contribution in [0.1, 0.15) is 19.3 Å². The van der Waals surface area contributed by atoms with E-state index in [2.05, 4.69) is 5.09 Å². The molecule has 1 unspecified atom stereocenters.